The van der Waals surface area contributed by atoms with Gasteiger partial charge < -0.3 is 15.4 Å². The molecule has 8 nitrogen and oxygen atoms in total. The maximum atomic E-state index is 12.3. The summed E-state index contributed by atoms with van der Waals surface area (Å²) >= 11 is 6.22. The van der Waals surface area contributed by atoms with Crippen LogP contribution in [0.15, 0.2) is 96.1 Å². The zero-order valence-corrected chi connectivity index (χ0v) is 21.0. The molecule has 1 heterocycles. The number of nitrogens with zero attached hydrogens (tertiary/aromatic N) is 2. The second-order valence-corrected chi connectivity index (χ2v) is 8.73. The van der Waals surface area contributed by atoms with Gasteiger partial charge in [-0.1, -0.05) is 41.9 Å². The van der Waals surface area contributed by atoms with Gasteiger partial charge in [-0.2, -0.15) is 5.10 Å². The Bertz CT molecular complexity index is 1670. The van der Waals surface area contributed by atoms with Gasteiger partial charge in [-0.15, -0.1) is 0 Å². The first-order valence-electron chi connectivity index (χ1n) is 11.6. The number of benzene rings is 4. The Morgan fingerprint density at radius 3 is 2.37 bits per heavy atom. The number of aromatic nitrogens is 1. The monoisotopic (exact) mass is 523 g/mol. The van der Waals surface area contributed by atoms with Crippen LogP contribution in [-0.4, -0.2) is 30.1 Å². The predicted octanol–water partition coefficient (Wildman–Crippen LogP) is 5.88. The molecule has 188 valence electrons. The highest BCUT2D eigenvalue weighted by Crippen LogP contribution is 2.36. The fourth-order valence-corrected chi connectivity index (χ4v) is 4.05. The van der Waals surface area contributed by atoms with E-state index in [0.29, 0.717) is 16.5 Å². The van der Waals surface area contributed by atoms with Crippen molar-refractivity contribution >= 4 is 68.5 Å². The maximum Gasteiger partial charge on any atom is 0.329 e. The molecule has 0 fully saturated rings. The Hall–Kier alpha value is -4.95. The molecule has 2 amide bonds. The number of fused-ring (bicyclic) bond motifs is 2. The van der Waals surface area contributed by atoms with Crippen LogP contribution in [-0.2, 0) is 9.59 Å². The van der Waals surface area contributed by atoms with Gasteiger partial charge in [-0.25, -0.2) is 10.4 Å². The standard InChI is InChI=1S/C29H22ClN5O3/c1-38-22-12-14-25-24(16-22)27(23-13-7-19(30)15-26(23)34-25)32-20-8-10-21(11-9-20)33-28(36)29(37)35-31-17-18-5-3-2-4-6-18/h2-17H,1H3,(H,32,34)(H,33,36)(H,35,37)/b31-17+. The van der Waals surface area contributed by atoms with E-state index in [1.54, 1.807) is 31.4 Å². The Kier molecular flexibility index (Phi) is 7.15. The summed E-state index contributed by atoms with van der Waals surface area (Å²) in [5.41, 5.74) is 6.63. The number of hydrogen-bond donors (Lipinski definition) is 3. The van der Waals surface area contributed by atoms with Crippen molar-refractivity contribution in [3.05, 3.63) is 102 Å². The first-order chi connectivity index (χ1) is 18.5. The van der Waals surface area contributed by atoms with Crippen LogP contribution in [0.2, 0.25) is 5.02 Å². The Balaban J connectivity index is 1.33. The normalized spacial score (nSPS) is 11.0. The quantitative estimate of drug-likeness (QED) is 0.111. The van der Waals surface area contributed by atoms with Gasteiger partial charge >= 0.3 is 11.8 Å². The van der Waals surface area contributed by atoms with Crippen LogP contribution in [0.4, 0.5) is 17.1 Å². The van der Waals surface area contributed by atoms with Crippen molar-refractivity contribution in [2.24, 2.45) is 5.10 Å². The van der Waals surface area contributed by atoms with E-state index in [1.165, 1.54) is 6.21 Å². The summed E-state index contributed by atoms with van der Waals surface area (Å²) in [4.78, 5) is 29.1. The van der Waals surface area contributed by atoms with Crippen LogP contribution in [0.1, 0.15) is 5.56 Å². The lowest BCUT2D eigenvalue weighted by atomic mass is 10.1. The largest absolute Gasteiger partial charge is 0.497 e. The fraction of sp³-hybridized carbons (Fsp3) is 0.0345. The third kappa shape index (κ3) is 5.55. The number of anilines is 3. The van der Waals surface area contributed by atoms with Crippen LogP contribution in [0.5, 0.6) is 5.75 Å². The zero-order valence-electron chi connectivity index (χ0n) is 20.2. The van der Waals surface area contributed by atoms with Crippen molar-refractivity contribution < 1.29 is 14.3 Å². The molecule has 0 saturated heterocycles. The molecule has 3 N–H and O–H groups in total. The molecule has 1 aromatic heterocycles. The molecule has 9 heteroatoms. The van der Waals surface area contributed by atoms with Gasteiger partial charge in [0.25, 0.3) is 0 Å². The lowest BCUT2D eigenvalue weighted by molar-refractivity contribution is -0.136. The molecular weight excluding hydrogens is 502 g/mol. The summed E-state index contributed by atoms with van der Waals surface area (Å²) < 4.78 is 5.42. The fourth-order valence-electron chi connectivity index (χ4n) is 3.88. The van der Waals surface area contributed by atoms with Crippen molar-refractivity contribution in [2.75, 3.05) is 17.7 Å². The van der Waals surface area contributed by atoms with Gasteiger partial charge in [0, 0.05) is 27.2 Å². The second-order valence-electron chi connectivity index (χ2n) is 8.30. The Morgan fingerprint density at radius 2 is 1.61 bits per heavy atom. The number of carbonyl (C=O) groups excluding carboxylic acids is 2. The number of nitrogens with one attached hydrogen (secondary N) is 3. The molecule has 0 atom stereocenters. The highest BCUT2D eigenvalue weighted by molar-refractivity contribution is 6.39. The molecule has 0 aliphatic rings. The van der Waals surface area contributed by atoms with Gasteiger partial charge in [-0.05, 0) is 66.2 Å². The summed E-state index contributed by atoms with van der Waals surface area (Å²) in [6.45, 7) is 0. The minimum Gasteiger partial charge on any atom is -0.497 e. The minimum atomic E-state index is -0.873. The van der Waals surface area contributed by atoms with E-state index in [2.05, 4.69) is 21.2 Å². The Morgan fingerprint density at radius 1 is 0.842 bits per heavy atom. The summed E-state index contributed by atoms with van der Waals surface area (Å²) in [6, 6.07) is 27.4. The first-order valence-corrected chi connectivity index (χ1v) is 12.0. The van der Waals surface area contributed by atoms with Crippen molar-refractivity contribution in [2.45, 2.75) is 0 Å². The number of rotatable bonds is 6. The lowest BCUT2D eigenvalue weighted by Crippen LogP contribution is -2.32. The predicted molar refractivity (Wildman–Crippen MR) is 151 cm³/mol. The van der Waals surface area contributed by atoms with E-state index in [4.69, 9.17) is 21.3 Å². The van der Waals surface area contributed by atoms with E-state index in [9.17, 15) is 9.59 Å². The number of hydrogen-bond acceptors (Lipinski definition) is 6. The molecule has 0 spiro atoms. The highest BCUT2D eigenvalue weighted by atomic mass is 35.5. The highest BCUT2D eigenvalue weighted by Gasteiger charge is 2.14. The number of hydrazone groups is 1. The molecule has 38 heavy (non-hydrogen) atoms. The lowest BCUT2D eigenvalue weighted by Gasteiger charge is -2.15. The third-order valence-electron chi connectivity index (χ3n) is 5.74. The van der Waals surface area contributed by atoms with Gasteiger partial charge in [0.2, 0.25) is 0 Å². The van der Waals surface area contributed by atoms with Crippen molar-refractivity contribution in [1.82, 2.24) is 10.4 Å². The second kappa shape index (κ2) is 11.0. The Labute approximate surface area is 223 Å². The summed E-state index contributed by atoms with van der Waals surface area (Å²) in [5.74, 6) is -0.993. The number of amides is 2. The van der Waals surface area contributed by atoms with Gasteiger partial charge in [0.1, 0.15) is 5.75 Å². The molecule has 4 aromatic carbocycles. The summed E-state index contributed by atoms with van der Waals surface area (Å²) in [6.07, 6.45) is 1.46. The van der Waals surface area contributed by atoms with Crippen molar-refractivity contribution in [3.8, 4) is 5.75 Å². The van der Waals surface area contributed by atoms with Gasteiger partial charge in [-0.3, -0.25) is 9.59 Å². The molecule has 0 saturated carbocycles. The molecule has 5 aromatic rings. The van der Waals surface area contributed by atoms with E-state index in [-0.39, 0.29) is 0 Å². The van der Waals surface area contributed by atoms with E-state index < -0.39 is 11.8 Å². The SMILES string of the molecule is COc1ccc2nc3cc(Cl)ccc3c(Nc3ccc(NC(=O)C(=O)N/N=C/c4ccccc4)cc3)c2c1. The van der Waals surface area contributed by atoms with Gasteiger partial charge in [0.15, 0.2) is 0 Å². The average molecular weight is 524 g/mol. The summed E-state index contributed by atoms with van der Waals surface area (Å²) in [5, 5.41) is 12.2. The van der Waals surface area contributed by atoms with Crippen molar-refractivity contribution in [1.29, 1.82) is 0 Å². The summed E-state index contributed by atoms with van der Waals surface area (Å²) in [7, 11) is 1.62. The van der Waals surface area contributed by atoms with Crippen LogP contribution in [0, 0.1) is 0 Å². The van der Waals surface area contributed by atoms with Crippen LogP contribution >= 0.6 is 11.6 Å². The van der Waals surface area contributed by atoms with Crippen molar-refractivity contribution in [3.63, 3.8) is 0 Å². The van der Waals surface area contributed by atoms with E-state index in [0.717, 1.165) is 38.7 Å². The number of methoxy groups -OCH3 is 1. The van der Waals surface area contributed by atoms with Crippen LogP contribution in [0.25, 0.3) is 21.8 Å². The first kappa shape index (κ1) is 24.7. The number of carbonyl (C=O) groups is 2. The zero-order chi connectivity index (χ0) is 26.5. The van der Waals surface area contributed by atoms with Crippen LogP contribution < -0.4 is 20.8 Å². The molecule has 0 aliphatic heterocycles. The molecule has 0 unspecified atom stereocenters. The number of pyridine rings is 1. The molecule has 5 rings (SSSR count). The van der Waals surface area contributed by atoms with Crippen LogP contribution in [0.3, 0.4) is 0 Å². The average Bonchev–Trinajstić information content (AvgIpc) is 2.94. The molecular formula is C29H22ClN5O3. The molecule has 0 radical (unpaired) electrons. The van der Waals surface area contributed by atoms with Gasteiger partial charge in [0.05, 0.1) is 30.0 Å². The third-order valence-corrected chi connectivity index (χ3v) is 5.98. The maximum absolute atomic E-state index is 12.3. The minimum absolute atomic E-state index is 0.459. The van der Waals surface area contributed by atoms with E-state index in [1.807, 2.05) is 66.7 Å². The van der Waals surface area contributed by atoms with E-state index >= 15 is 0 Å². The smallest absolute Gasteiger partial charge is 0.329 e. The number of halogens is 1. The topological polar surface area (TPSA) is 105 Å². The molecule has 0 aliphatic carbocycles. The molecule has 0 bridgehead atoms. The number of ether oxygens (including phenoxy) is 1.